The number of halogens is 1. The van der Waals surface area contributed by atoms with Crippen LogP contribution in [0.1, 0.15) is 76.7 Å². The second kappa shape index (κ2) is 5.99. The first-order valence-corrected chi connectivity index (χ1v) is 11.9. The predicted molar refractivity (Wildman–Crippen MR) is 112 cm³/mol. The van der Waals surface area contributed by atoms with Crippen LogP contribution < -0.4 is 5.32 Å². The van der Waals surface area contributed by atoms with Crippen molar-refractivity contribution in [2.75, 3.05) is 0 Å². The lowest BCUT2D eigenvalue weighted by Crippen LogP contribution is -2.61. The SMILES string of the molecule is C[C@H](N[C@@H]1C[C@H]2CC[C@H]1C2)C12C[C@H]3C[C@@H](CC(c4ccc(Cl)cc4)(C3)C1)C2. The molecule has 2 heteroatoms. The van der Waals surface area contributed by atoms with Crippen molar-refractivity contribution in [3.05, 3.63) is 34.9 Å². The third-order valence-electron chi connectivity index (χ3n) is 9.68. The average Bonchev–Trinajstić information content (AvgIpc) is 3.24. The lowest BCUT2D eigenvalue weighted by atomic mass is 9.41. The molecule has 6 aliphatic rings. The zero-order valence-corrected chi connectivity index (χ0v) is 17.5. The first kappa shape index (κ1) is 17.3. The van der Waals surface area contributed by atoms with Crippen molar-refractivity contribution < 1.29 is 0 Å². The Balaban J connectivity index is 1.28. The van der Waals surface area contributed by atoms with Gasteiger partial charge in [-0.1, -0.05) is 30.2 Å². The minimum atomic E-state index is 0.430. The maximum Gasteiger partial charge on any atom is 0.0406 e. The van der Waals surface area contributed by atoms with Crippen LogP contribution in [0.2, 0.25) is 5.02 Å². The summed E-state index contributed by atoms with van der Waals surface area (Å²) in [6, 6.07) is 10.4. The zero-order valence-electron chi connectivity index (χ0n) is 16.7. The molecule has 6 aliphatic carbocycles. The molecule has 6 atom stereocenters. The molecular formula is C25H34ClN. The molecule has 1 aromatic rings. The van der Waals surface area contributed by atoms with E-state index in [-0.39, 0.29) is 0 Å². The van der Waals surface area contributed by atoms with Gasteiger partial charge in [-0.15, -0.1) is 0 Å². The van der Waals surface area contributed by atoms with Crippen LogP contribution in [-0.2, 0) is 5.41 Å². The van der Waals surface area contributed by atoms with Gasteiger partial charge in [-0.2, -0.15) is 0 Å². The smallest absolute Gasteiger partial charge is 0.0406 e. The molecule has 7 rings (SSSR count). The van der Waals surface area contributed by atoms with Gasteiger partial charge in [0.25, 0.3) is 0 Å². The quantitative estimate of drug-likeness (QED) is 0.639. The lowest BCUT2D eigenvalue weighted by molar-refractivity contribution is -0.0903. The van der Waals surface area contributed by atoms with Crippen molar-refractivity contribution in [1.29, 1.82) is 0 Å². The van der Waals surface area contributed by atoms with E-state index >= 15 is 0 Å². The molecule has 0 radical (unpaired) electrons. The zero-order chi connectivity index (χ0) is 18.2. The first-order chi connectivity index (χ1) is 13.0. The van der Waals surface area contributed by atoms with Gasteiger partial charge in [0, 0.05) is 17.1 Å². The number of hydrogen-bond donors (Lipinski definition) is 1. The lowest BCUT2D eigenvalue weighted by Gasteiger charge is -2.64. The van der Waals surface area contributed by atoms with E-state index in [1.165, 1.54) is 64.2 Å². The molecule has 6 fully saturated rings. The van der Waals surface area contributed by atoms with Gasteiger partial charge in [-0.25, -0.2) is 0 Å². The van der Waals surface area contributed by atoms with Crippen LogP contribution >= 0.6 is 11.6 Å². The molecule has 0 spiro atoms. The number of benzene rings is 1. The molecule has 0 amide bonds. The summed E-state index contributed by atoms with van der Waals surface area (Å²) >= 11 is 6.21. The number of hydrogen-bond acceptors (Lipinski definition) is 1. The Bertz CT molecular complexity index is 710. The monoisotopic (exact) mass is 383 g/mol. The van der Waals surface area contributed by atoms with E-state index in [0.717, 1.165) is 34.7 Å². The Morgan fingerprint density at radius 3 is 2.30 bits per heavy atom. The fourth-order valence-electron chi connectivity index (χ4n) is 8.93. The minimum absolute atomic E-state index is 0.430. The number of nitrogens with one attached hydrogen (secondary N) is 1. The third kappa shape index (κ3) is 2.67. The van der Waals surface area contributed by atoms with E-state index < -0.39 is 0 Å². The molecule has 1 N–H and O–H groups in total. The molecule has 146 valence electrons. The van der Waals surface area contributed by atoms with Crippen LogP contribution in [0.25, 0.3) is 0 Å². The molecule has 0 aromatic heterocycles. The predicted octanol–water partition coefficient (Wildman–Crippen LogP) is 6.34. The summed E-state index contributed by atoms with van der Waals surface area (Å²) in [6.45, 7) is 2.55. The van der Waals surface area contributed by atoms with Gasteiger partial charge in [-0.3, -0.25) is 0 Å². The van der Waals surface area contributed by atoms with Crippen LogP contribution in [-0.4, -0.2) is 12.1 Å². The van der Waals surface area contributed by atoms with E-state index in [4.69, 9.17) is 11.6 Å². The highest BCUT2D eigenvalue weighted by Gasteiger charge is 2.60. The summed E-state index contributed by atoms with van der Waals surface area (Å²) in [6.07, 6.45) is 14.7. The van der Waals surface area contributed by atoms with Crippen molar-refractivity contribution in [3.63, 3.8) is 0 Å². The van der Waals surface area contributed by atoms with E-state index in [9.17, 15) is 0 Å². The van der Waals surface area contributed by atoms with Crippen molar-refractivity contribution in [1.82, 2.24) is 5.32 Å². The van der Waals surface area contributed by atoms with Crippen LogP contribution in [0.4, 0.5) is 0 Å². The second-order valence-corrected chi connectivity index (χ2v) is 11.7. The van der Waals surface area contributed by atoms with Crippen molar-refractivity contribution in [2.24, 2.45) is 29.1 Å². The van der Waals surface area contributed by atoms with Crippen LogP contribution in [0, 0.1) is 29.1 Å². The van der Waals surface area contributed by atoms with Gasteiger partial charge in [0.05, 0.1) is 0 Å². The highest BCUT2D eigenvalue weighted by molar-refractivity contribution is 6.30. The van der Waals surface area contributed by atoms with E-state index in [0.29, 0.717) is 16.9 Å². The van der Waals surface area contributed by atoms with E-state index in [1.54, 1.807) is 5.56 Å². The van der Waals surface area contributed by atoms with E-state index in [2.05, 4.69) is 36.5 Å². The van der Waals surface area contributed by atoms with Gasteiger partial charge in [0.1, 0.15) is 0 Å². The molecule has 0 unspecified atom stereocenters. The number of fused-ring (bicyclic) bond motifs is 2. The summed E-state index contributed by atoms with van der Waals surface area (Å²) in [5, 5.41) is 5.10. The fourth-order valence-corrected chi connectivity index (χ4v) is 9.05. The molecule has 0 saturated heterocycles. The van der Waals surface area contributed by atoms with E-state index in [1.807, 2.05) is 0 Å². The molecule has 27 heavy (non-hydrogen) atoms. The van der Waals surface area contributed by atoms with Gasteiger partial charge in [0.2, 0.25) is 0 Å². The standard InChI is InChI=1S/C25H34ClN/c1-16(27-23-10-17-2-3-20(23)9-17)24-11-18-8-19(12-24)14-25(13-18,15-24)21-4-6-22(26)7-5-21/h4-7,16-20,23,27H,2-3,8-15H2,1H3/t16-,17-,18+,19+,20-,23+,24?,25?/m0/s1. The molecule has 1 aromatic carbocycles. The Morgan fingerprint density at radius 2 is 1.67 bits per heavy atom. The van der Waals surface area contributed by atoms with Crippen LogP contribution in [0.15, 0.2) is 24.3 Å². The Morgan fingerprint density at radius 1 is 0.926 bits per heavy atom. The van der Waals surface area contributed by atoms with Crippen molar-refractivity contribution in [3.8, 4) is 0 Å². The van der Waals surface area contributed by atoms with Gasteiger partial charge < -0.3 is 5.32 Å². The normalized spacial score (nSPS) is 48.3. The summed E-state index contributed by atoms with van der Waals surface area (Å²) in [4.78, 5) is 0. The maximum atomic E-state index is 6.21. The maximum absolute atomic E-state index is 6.21. The highest BCUT2D eigenvalue weighted by atomic mass is 35.5. The molecule has 6 bridgehead atoms. The summed E-state index contributed by atoms with van der Waals surface area (Å²) in [7, 11) is 0. The summed E-state index contributed by atoms with van der Waals surface area (Å²) < 4.78 is 0. The Hall–Kier alpha value is -0.530. The van der Waals surface area contributed by atoms with Crippen LogP contribution in [0.3, 0.4) is 0 Å². The van der Waals surface area contributed by atoms with Crippen molar-refractivity contribution >= 4 is 11.6 Å². The largest absolute Gasteiger partial charge is 0.311 e. The highest BCUT2D eigenvalue weighted by Crippen LogP contribution is 2.67. The molecule has 1 nitrogen and oxygen atoms in total. The van der Waals surface area contributed by atoms with Gasteiger partial charge in [0.15, 0.2) is 0 Å². The Labute approximate surface area is 169 Å². The topological polar surface area (TPSA) is 12.0 Å². The second-order valence-electron chi connectivity index (χ2n) is 11.3. The molecular weight excluding hydrogens is 350 g/mol. The molecule has 0 heterocycles. The van der Waals surface area contributed by atoms with Gasteiger partial charge in [-0.05, 0) is 117 Å². The first-order valence-electron chi connectivity index (χ1n) is 11.6. The van der Waals surface area contributed by atoms with Gasteiger partial charge >= 0.3 is 0 Å². The third-order valence-corrected chi connectivity index (χ3v) is 9.94. The summed E-state index contributed by atoms with van der Waals surface area (Å²) in [5.74, 6) is 3.92. The molecule has 6 saturated carbocycles. The summed E-state index contributed by atoms with van der Waals surface area (Å²) in [5.41, 5.74) is 2.54. The Kier molecular flexibility index (Phi) is 3.84. The van der Waals surface area contributed by atoms with Crippen molar-refractivity contribution in [2.45, 2.75) is 88.6 Å². The fraction of sp³-hybridized carbons (Fsp3) is 0.760. The molecule has 0 aliphatic heterocycles. The average molecular weight is 384 g/mol. The minimum Gasteiger partial charge on any atom is -0.311 e. The number of rotatable bonds is 4. The van der Waals surface area contributed by atoms with Crippen LogP contribution in [0.5, 0.6) is 0 Å².